The summed E-state index contributed by atoms with van der Waals surface area (Å²) >= 11 is 0. The molecular formula is C38H41N5O7. The molecule has 0 unspecified atom stereocenters. The maximum atomic E-state index is 13.9. The quantitative estimate of drug-likeness (QED) is 0.299. The molecule has 0 spiro atoms. The van der Waals surface area contributed by atoms with Crippen molar-refractivity contribution in [3.8, 4) is 28.4 Å². The first-order valence-corrected chi connectivity index (χ1v) is 16.7. The number of amides is 3. The van der Waals surface area contributed by atoms with Gasteiger partial charge in [0.05, 0.1) is 24.4 Å². The molecule has 2 N–H and O–H groups in total. The normalized spacial score (nSPS) is 17.8. The van der Waals surface area contributed by atoms with Crippen molar-refractivity contribution in [3.05, 3.63) is 94.8 Å². The number of Topliss-reactive ketones (excluding diaryl/α,β-unsaturated/α-hetero) is 1. The molecule has 12 nitrogen and oxygen atoms in total. The number of benzene rings is 3. The van der Waals surface area contributed by atoms with Crippen molar-refractivity contribution in [1.29, 1.82) is 0 Å². The molecule has 6 bridgehead atoms. The lowest BCUT2D eigenvalue weighted by atomic mass is 9.99. The molecule has 1 aromatic heterocycles. The largest absolute Gasteiger partial charge is 0.496 e. The van der Waals surface area contributed by atoms with Gasteiger partial charge in [-0.25, -0.2) is 0 Å². The first kappa shape index (κ1) is 34.2. The fraction of sp³-hybridized carbons (Fsp3) is 0.342. The van der Waals surface area contributed by atoms with Gasteiger partial charge in [-0.3, -0.25) is 23.9 Å². The van der Waals surface area contributed by atoms with E-state index in [0.29, 0.717) is 65.7 Å². The summed E-state index contributed by atoms with van der Waals surface area (Å²) in [6.07, 6.45) is 0.261. The zero-order chi connectivity index (χ0) is 35.4. The zero-order valence-corrected chi connectivity index (χ0v) is 28.7. The maximum absolute atomic E-state index is 13.9. The molecule has 1 fully saturated rings. The lowest BCUT2D eigenvalue weighted by Gasteiger charge is -2.39. The molecule has 3 amide bonds. The Labute approximate surface area is 290 Å². The highest BCUT2D eigenvalue weighted by molar-refractivity contribution is 5.97. The number of carbonyl (C=O) groups is 4. The number of nitrogens with zero attached hydrogens (tertiary/aromatic N) is 3. The number of hydrogen-bond acceptors (Lipinski definition) is 8. The minimum absolute atomic E-state index is 0.0553. The number of ether oxygens (including phenoxy) is 3. The van der Waals surface area contributed by atoms with Crippen LogP contribution in [0.25, 0.3) is 11.1 Å². The molecule has 3 aliphatic rings. The zero-order valence-electron chi connectivity index (χ0n) is 28.7. The van der Waals surface area contributed by atoms with Crippen LogP contribution in [0.2, 0.25) is 0 Å². The highest BCUT2D eigenvalue weighted by atomic mass is 16.5. The second kappa shape index (κ2) is 14.9. The van der Waals surface area contributed by atoms with Crippen LogP contribution in [0.3, 0.4) is 0 Å². The van der Waals surface area contributed by atoms with Gasteiger partial charge in [-0.2, -0.15) is 5.10 Å². The molecule has 50 heavy (non-hydrogen) atoms. The second-order valence-electron chi connectivity index (χ2n) is 12.6. The Morgan fingerprint density at radius 3 is 2.54 bits per heavy atom. The number of fused-ring (bicyclic) bond motifs is 7. The van der Waals surface area contributed by atoms with Crippen LogP contribution in [0.1, 0.15) is 57.4 Å². The molecule has 1 saturated heterocycles. The number of likely N-dealkylation sites (tertiary alicyclic amines) is 1. The van der Waals surface area contributed by atoms with Crippen LogP contribution in [0.15, 0.2) is 66.7 Å². The molecule has 260 valence electrons. The molecule has 3 aromatic carbocycles. The van der Waals surface area contributed by atoms with Crippen molar-refractivity contribution in [2.75, 3.05) is 26.8 Å². The topological polar surface area (TPSA) is 141 Å². The summed E-state index contributed by atoms with van der Waals surface area (Å²) in [6.45, 7) is 6.33. The maximum Gasteiger partial charge on any atom is 0.258 e. The minimum Gasteiger partial charge on any atom is -0.496 e. The molecular weight excluding hydrogens is 638 g/mol. The number of ketones is 1. The summed E-state index contributed by atoms with van der Waals surface area (Å²) in [5, 5.41) is 10.5. The van der Waals surface area contributed by atoms with E-state index in [0.717, 1.165) is 16.8 Å². The number of rotatable bonds is 5. The Morgan fingerprint density at radius 1 is 1.00 bits per heavy atom. The third kappa shape index (κ3) is 7.64. The highest BCUT2D eigenvalue weighted by Gasteiger charge is 2.34. The van der Waals surface area contributed by atoms with Crippen LogP contribution in [-0.2, 0) is 22.7 Å². The predicted molar refractivity (Wildman–Crippen MR) is 185 cm³/mol. The van der Waals surface area contributed by atoms with E-state index in [4.69, 9.17) is 14.2 Å². The van der Waals surface area contributed by atoms with Gasteiger partial charge in [-0.15, -0.1) is 0 Å². The molecule has 3 aliphatic heterocycles. The first-order chi connectivity index (χ1) is 24.1. The van der Waals surface area contributed by atoms with E-state index in [9.17, 15) is 19.2 Å². The van der Waals surface area contributed by atoms with E-state index in [1.54, 1.807) is 53.9 Å². The summed E-state index contributed by atoms with van der Waals surface area (Å²) in [5.74, 6) is 0.948. The minimum atomic E-state index is -0.523. The van der Waals surface area contributed by atoms with Crippen molar-refractivity contribution >= 4 is 23.5 Å². The first-order valence-electron chi connectivity index (χ1n) is 16.7. The second-order valence-corrected chi connectivity index (χ2v) is 12.6. The molecule has 0 saturated carbocycles. The smallest absolute Gasteiger partial charge is 0.258 e. The van der Waals surface area contributed by atoms with Crippen LogP contribution >= 0.6 is 0 Å². The summed E-state index contributed by atoms with van der Waals surface area (Å²) in [6, 6.07) is 19.3. The Bertz CT molecular complexity index is 1920. The van der Waals surface area contributed by atoms with E-state index >= 15 is 0 Å². The van der Waals surface area contributed by atoms with E-state index in [-0.39, 0.29) is 43.1 Å². The number of piperidine rings is 1. The van der Waals surface area contributed by atoms with Crippen molar-refractivity contribution in [1.82, 2.24) is 25.3 Å². The van der Waals surface area contributed by atoms with Crippen molar-refractivity contribution in [3.63, 3.8) is 0 Å². The molecule has 4 heterocycles. The SMILES string of the molecule is COc1ccc2cc1-c1cccc(c1)OCC(=O)NCc1ccc(cc1)O[C@@H]1CCN(C(=O)CCn3nc(C)c(C(C)=O)c3C)C[C@H]1NC2=O. The Kier molecular flexibility index (Phi) is 10.2. The highest BCUT2D eigenvalue weighted by Crippen LogP contribution is 2.33. The number of methoxy groups -OCH3 is 1. The molecule has 2 atom stereocenters. The van der Waals surface area contributed by atoms with E-state index < -0.39 is 12.1 Å². The van der Waals surface area contributed by atoms with Crippen molar-refractivity contribution < 1.29 is 33.4 Å². The van der Waals surface area contributed by atoms with Gasteiger partial charge in [0.1, 0.15) is 23.4 Å². The average molecular weight is 680 g/mol. The average Bonchev–Trinajstić information content (AvgIpc) is 3.41. The van der Waals surface area contributed by atoms with Gasteiger partial charge in [0.15, 0.2) is 12.4 Å². The van der Waals surface area contributed by atoms with E-state index in [1.807, 2.05) is 43.3 Å². The number of carbonyl (C=O) groups excluding carboxylic acids is 4. The van der Waals surface area contributed by atoms with E-state index in [1.165, 1.54) is 6.92 Å². The fourth-order valence-electron chi connectivity index (χ4n) is 6.56. The summed E-state index contributed by atoms with van der Waals surface area (Å²) < 4.78 is 19.6. The number of aromatic nitrogens is 2. The van der Waals surface area contributed by atoms with Crippen LogP contribution in [-0.4, -0.2) is 77.1 Å². The van der Waals surface area contributed by atoms with Gasteiger partial charge in [-0.1, -0.05) is 24.3 Å². The molecule has 4 aromatic rings. The summed E-state index contributed by atoms with van der Waals surface area (Å²) in [4.78, 5) is 53.8. The lowest BCUT2D eigenvalue weighted by molar-refractivity contribution is -0.134. The summed E-state index contributed by atoms with van der Waals surface area (Å²) in [5.41, 5.74) is 4.68. The third-order valence-corrected chi connectivity index (χ3v) is 9.17. The van der Waals surface area contributed by atoms with Gasteiger partial charge in [0, 0.05) is 55.8 Å². The van der Waals surface area contributed by atoms with Crippen LogP contribution in [0.4, 0.5) is 0 Å². The number of nitrogens with one attached hydrogen (secondary N) is 2. The molecule has 0 radical (unpaired) electrons. The van der Waals surface area contributed by atoms with E-state index in [2.05, 4.69) is 15.7 Å². The number of hydrogen-bond donors (Lipinski definition) is 2. The van der Waals surface area contributed by atoms with Crippen molar-refractivity contribution in [2.24, 2.45) is 0 Å². The third-order valence-electron chi connectivity index (χ3n) is 9.17. The van der Waals surface area contributed by atoms with Crippen LogP contribution in [0, 0.1) is 13.8 Å². The van der Waals surface area contributed by atoms with Gasteiger partial charge >= 0.3 is 0 Å². The Morgan fingerprint density at radius 2 is 1.80 bits per heavy atom. The van der Waals surface area contributed by atoms with Crippen LogP contribution < -0.4 is 24.8 Å². The van der Waals surface area contributed by atoms with Gasteiger partial charge < -0.3 is 29.7 Å². The molecule has 12 heteroatoms. The summed E-state index contributed by atoms with van der Waals surface area (Å²) in [7, 11) is 1.56. The Balaban J connectivity index is 1.27. The van der Waals surface area contributed by atoms with Gasteiger partial charge in [-0.05, 0) is 74.4 Å². The van der Waals surface area contributed by atoms with Crippen LogP contribution in [0.5, 0.6) is 17.2 Å². The Hall–Kier alpha value is -5.65. The van der Waals surface area contributed by atoms with Crippen molar-refractivity contribution in [2.45, 2.75) is 58.8 Å². The number of aryl methyl sites for hydroxylation is 2. The molecule has 7 rings (SSSR count). The van der Waals surface area contributed by atoms with Gasteiger partial charge in [0.25, 0.3) is 11.8 Å². The lowest BCUT2D eigenvalue weighted by Crippen LogP contribution is -2.58. The standard InChI is InChI=1S/C38H41N5O7/c1-23-37(25(3)44)24(2)43(41-23)17-15-36(46)42-16-14-34-32(21-42)40-38(47)28-10-13-33(48-4)31(19-28)27-6-5-7-30(18-27)49-22-35(45)39-20-26-8-11-29(50-34)12-9-26/h5-13,18-19,32,34H,14-17,20-22H2,1-4H3,(H,39,45)(H,40,47)/t32-,34-/m1/s1. The van der Waals surface area contributed by atoms with Gasteiger partial charge in [0.2, 0.25) is 5.91 Å². The molecule has 0 aliphatic carbocycles. The predicted octanol–water partition coefficient (Wildman–Crippen LogP) is 4.26. The monoisotopic (exact) mass is 679 g/mol. The fourth-order valence-corrected chi connectivity index (χ4v) is 6.56.